The molecular formula is C26H34F2N5O8P. The number of nitrogens with zero attached hydrogens (tertiary/aromatic N) is 4. The van der Waals surface area contributed by atoms with E-state index in [2.05, 4.69) is 20.0 Å². The van der Waals surface area contributed by atoms with Gasteiger partial charge in [0.05, 0.1) is 19.0 Å². The van der Waals surface area contributed by atoms with Crippen LogP contribution >= 0.6 is 7.75 Å². The number of carbonyl (C=O) groups excluding carboxylic acids is 1. The summed E-state index contributed by atoms with van der Waals surface area (Å²) in [5.41, 5.74) is -2.49. The number of esters is 1. The van der Waals surface area contributed by atoms with Gasteiger partial charge in [0.15, 0.2) is 29.2 Å². The topological polar surface area (TPSA) is 156 Å². The van der Waals surface area contributed by atoms with E-state index in [1.807, 2.05) is 0 Å². The summed E-state index contributed by atoms with van der Waals surface area (Å²) in [5.74, 6) is -3.52. The lowest BCUT2D eigenvalue weighted by Gasteiger charge is -2.28. The highest BCUT2D eigenvalue weighted by molar-refractivity contribution is 7.52. The molecule has 1 fully saturated rings. The normalized spacial score (nSPS) is 26.2. The number of hydrogen-bond acceptors (Lipinski definition) is 11. The molecule has 4 rings (SSSR count). The van der Waals surface area contributed by atoms with Gasteiger partial charge in [-0.05, 0) is 53.7 Å². The number of carbonyl (C=O) groups is 1. The lowest BCUT2D eigenvalue weighted by Crippen LogP contribution is -2.47. The highest BCUT2D eigenvalue weighted by atomic mass is 31.2. The second-order valence-corrected chi connectivity index (χ2v) is 11.8. The number of fused-ring (bicyclic) bond motifs is 1. The van der Waals surface area contributed by atoms with E-state index < -0.39 is 56.3 Å². The van der Waals surface area contributed by atoms with Gasteiger partial charge in [-0.3, -0.25) is 13.9 Å². The first-order chi connectivity index (χ1) is 19.7. The monoisotopic (exact) mass is 613 g/mol. The van der Waals surface area contributed by atoms with Gasteiger partial charge in [0.1, 0.15) is 24.2 Å². The van der Waals surface area contributed by atoms with Crippen molar-refractivity contribution in [2.24, 2.45) is 0 Å². The van der Waals surface area contributed by atoms with E-state index in [0.29, 0.717) is 0 Å². The molecule has 1 saturated heterocycles. The lowest BCUT2D eigenvalue weighted by molar-refractivity contribution is -0.202. The standard InChI is InChI=1S/C26H34F2N5O8P/c1-7-37-21-19-20(30-17(5)31-21)33(14-29-19)24-25(6,27)23(35)26(28,40-24)13-38-42(36,41-18-11-9-8-10-12-18)32-16(4)22(34)39-15(2)3/h8-12,14-16,23-24,35H,7,13H2,1-6H3,(H,32,36)/t16?,23-,24+,25+,26+,42?/m0/s1. The quantitative estimate of drug-likeness (QED) is 0.224. The molecule has 1 aliphatic rings. The summed E-state index contributed by atoms with van der Waals surface area (Å²) in [6.07, 6.45) is -3.51. The summed E-state index contributed by atoms with van der Waals surface area (Å²) in [6, 6.07) is 6.56. The predicted molar refractivity (Wildman–Crippen MR) is 145 cm³/mol. The highest BCUT2D eigenvalue weighted by Gasteiger charge is 2.65. The third-order valence-corrected chi connectivity index (χ3v) is 7.85. The van der Waals surface area contributed by atoms with Crippen LogP contribution in [-0.2, 0) is 23.4 Å². The maximum atomic E-state index is 16.2. The van der Waals surface area contributed by atoms with Crippen LogP contribution in [0.1, 0.15) is 46.7 Å². The first-order valence-corrected chi connectivity index (χ1v) is 14.8. The smallest absolute Gasteiger partial charge is 0.459 e. The van der Waals surface area contributed by atoms with Gasteiger partial charge in [0, 0.05) is 0 Å². The summed E-state index contributed by atoms with van der Waals surface area (Å²) in [7, 11) is -4.56. The van der Waals surface area contributed by atoms with Gasteiger partial charge >= 0.3 is 13.7 Å². The maximum absolute atomic E-state index is 16.2. The van der Waals surface area contributed by atoms with Gasteiger partial charge in [-0.2, -0.15) is 10.1 Å². The van der Waals surface area contributed by atoms with E-state index in [9.17, 15) is 14.5 Å². The second-order valence-electron chi connectivity index (χ2n) is 10.2. The van der Waals surface area contributed by atoms with Crippen LogP contribution in [0.2, 0.25) is 0 Å². The molecule has 13 nitrogen and oxygen atoms in total. The van der Waals surface area contributed by atoms with E-state index in [4.69, 9.17) is 23.3 Å². The van der Waals surface area contributed by atoms with Crippen molar-refractivity contribution in [3.8, 4) is 11.6 Å². The van der Waals surface area contributed by atoms with Crippen LogP contribution in [0.4, 0.5) is 8.78 Å². The molecule has 1 aromatic carbocycles. The van der Waals surface area contributed by atoms with Crippen LogP contribution in [0.25, 0.3) is 11.2 Å². The third kappa shape index (κ3) is 6.55. The number of ether oxygens (including phenoxy) is 3. The molecule has 42 heavy (non-hydrogen) atoms. The average molecular weight is 614 g/mol. The number of rotatable bonds is 12. The maximum Gasteiger partial charge on any atom is 0.459 e. The van der Waals surface area contributed by atoms with Crippen LogP contribution in [0.3, 0.4) is 0 Å². The molecule has 0 bridgehead atoms. The first-order valence-electron chi connectivity index (χ1n) is 13.2. The Morgan fingerprint density at radius 3 is 2.57 bits per heavy atom. The van der Waals surface area contributed by atoms with Gasteiger partial charge < -0.3 is 23.8 Å². The molecule has 2 N–H and O–H groups in total. The van der Waals surface area contributed by atoms with E-state index >= 15 is 8.78 Å². The van der Waals surface area contributed by atoms with Crippen LogP contribution in [0, 0.1) is 6.92 Å². The Morgan fingerprint density at radius 1 is 1.24 bits per heavy atom. The fraction of sp³-hybridized carbons (Fsp3) is 0.538. The van der Waals surface area contributed by atoms with Crippen LogP contribution < -0.4 is 14.3 Å². The van der Waals surface area contributed by atoms with Gasteiger partial charge in [-0.15, -0.1) is 0 Å². The van der Waals surface area contributed by atoms with Crippen molar-refractivity contribution in [2.75, 3.05) is 13.2 Å². The Hall–Kier alpha value is -3.23. The molecule has 2 unspecified atom stereocenters. The molecule has 0 aliphatic carbocycles. The average Bonchev–Trinajstić information content (AvgIpc) is 3.40. The molecule has 3 heterocycles. The molecule has 2 aromatic heterocycles. The largest absolute Gasteiger partial charge is 0.476 e. The molecule has 1 aliphatic heterocycles. The number of aryl methyl sites for hydroxylation is 1. The second kappa shape index (κ2) is 12.2. The minimum atomic E-state index is -4.56. The van der Waals surface area contributed by atoms with Gasteiger partial charge in [-0.25, -0.2) is 23.3 Å². The van der Waals surface area contributed by atoms with Crippen molar-refractivity contribution < 1.29 is 46.5 Å². The zero-order chi connectivity index (χ0) is 30.9. The van der Waals surface area contributed by atoms with Gasteiger partial charge in [0.25, 0.3) is 5.85 Å². The molecule has 6 atom stereocenters. The Bertz CT molecular complexity index is 1460. The zero-order valence-corrected chi connectivity index (χ0v) is 24.9. The zero-order valence-electron chi connectivity index (χ0n) is 24.0. The Morgan fingerprint density at radius 2 is 1.93 bits per heavy atom. The van der Waals surface area contributed by atoms with Crippen molar-refractivity contribution in [2.45, 2.75) is 77.5 Å². The van der Waals surface area contributed by atoms with E-state index in [-0.39, 0.29) is 35.2 Å². The molecule has 230 valence electrons. The Kier molecular flexibility index (Phi) is 9.19. The van der Waals surface area contributed by atoms with Crippen molar-refractivity contribution in [1.82, 2.24) is 24.6 Å². The molecule has 3 aromatic rings. The number of aliphatic hydroxyl groups excluding tert-OH is 1. The number of imidazole rings is 1. The Balaban J connectivity index is 1.61. The van der Waals surface area contributed by atoms with E-state index in [1.165, 1.54) is 19.1 Å². The van der Waals surface area contributed by atoms with Crippen molar-refractivity contribution in [3.63, 3.8) is 0 Å². The van der Waals surface area contributed by atoms with Crippen LogP contribution in [0.15, 0.2) is 36.7 Å². The number of alkyl halides is 2. The number of benzene rings is 1. The molecule has 0 amide bonds. The van der Waals surface area contributed by atoms with Crippen LogP contribution in [0.5, 0.6) is 11.6 Å². The Labute approximate surface area is 241 Å². The van der Waals surface area contributed by atoms with Crippen molar-refractivity contribution in [1.29, 1.82) is 0 Å². The minimum absolute atomic E-state index is 0.0665. The number of hydrogen-bond donors (Lipinski definition) is 2. The van der Waals surface area contributed by atoms with E-state index in [1.54, 1.807) is 45.9 Å². The predicted octanol–water partition coefficient (Wildman–Crippen LogP) is 3.95. The summed E-state index contributed by atoms with van der Waals surface area (Å²) in [6.45, 7) is 7.90. The molecule has 0 saturated carbocycles. The van der Waals surface area contributed by atoms with Crippen LogP contribution in [-0.4, -0.2) is 73.6 Å². The molecule has 16 heteroatoms. The lowest BCUT2D eigenvalue weighted by atomic mass is 9.97. The minimum Gasteiger partial charge on any atom is -0.476 e. The third-order valence-electron chi connectivity index (χ3n) is 6.23. The van der Waals surface area contributed by atoms with Gasteiger partial charge in [-0.1, -0.05) is 18.2 Å². The summed E-state index contributed by atoms with van der Waals surface area (Å²) >= 11 is 0. The summed E-state index contributed by atoms with van der Waals surface area (Å²) in [4.78, 5) is 25.0. The van der Waals surface area contributed by atoms with Gasteiger partial charge in [0.2, 0.25) is 5.88 Å². The molecule has 0 spiro atoms. The fourth-order valence-corrected chi connectivity index (χ4v) is 5.78. The van der Waals surface area contributed by atoms with Crippen molar-refractivity contribution in [3.05, 3.63) is 42.5 Å². The summed E-state index contributed by atoms with van der Waals surface area (Å²) < 4.78 is 74.0. The fourth-order valence-electron chi connectivity index (χ4n) is 4.27. The van der Waals surface area contributed by atoms with Crippen molar-refractivity contribution >= 4 is 24.9 Å². The number of para-hydroxylation sites is 1. The number of aromatic nitrogens is 4. The highest BCUT2D eigenvalue weighted by Crippen LogP contribution is 2.52. The number of halogens is 2. The SMILES string of the molecule is CCOc1nc(C)nc2c1ncn2[C@@H]1O[C@](F)(COP(=O)(NC(C)C(=O)OC(C)C)Oc2ccccc2)[C@@H](O)[C@@]1(C)F. The molecule has 0 radical (unpaired) electrons. The molecular weight excluding hydrogens is 579 g/mol. The van der Waals surface area contributed by atoms with E-state index in [0.717, 1.165) is 17.8 Å². The number of nitrogens with one attached hydrogen (secondary N) is 1. The summed E-state index contributed by atoms with van der Waals surface area (Å²) in [5, 5.41) is 13.2. The first kappa shape index (κ1) is 31.7. The number of aliphatic hydroxyl groups is 1.